The molecule has 2 aromatic rings. The molecule has 2 aliphatic rings. The van der Waals surface area contributed by atoms with Gasteiger partial charge in [-0.25, -0.2) is 0 Å². The first-order chi connectivity index (χ1) is 11.0. The molecule has 4 heteroatoms. The Morgan fingerprint density at radius 3 is 1.91 bits per heavy atom. The van der Waals surface area contributed by atoms with E-state index in [0.717, 1.165) is 11.8 Å². The molecule has 0 radical (unpaired) electrons. The van der Waals surface area contributed by atoms with Gasteiger partial charge in [0, 0.05) is 4.47 Å². The van der Waals surface area contributed by atoms with Gasteiger partial charge in [-0.05, 0) is 54.5 Å². The SMILES string of the molecule is CC1CC(c2ccc(Br)cc2)C1.O=C1NC(=O)c2ccccc21. The third kappa shape index (κ3) is 3.53. The second-order valence-corrected chi connectivity index (χ2v) is 7.07. The monoisotopic (exact) mass is 371 g/mol. The Balaban J connectivity index is 0.000000136. The maximum Gasteiger partial charge on any atom is 0.258 e. The zero-order chi connectivity index (χ0) is 16.4. The number of hydrogen-bond donors (Lipinski definition) is 1. The molecule has 3 nitrogen and oxygen atoms in total. The van der Waals surface area contributed by atoms with Crippen molar-refractivity contribution in [2.75, 3.05) is 0 Å². The summed E-state index contributed by atoms with van der Waals surface area (Å²) in [6.45, 7) is 2.33. The van der Waals surface area contributed by atoms with Crippen molar-refractivity contribution in [1.82, 2.24) is 5.32 Å². The highest BCUT2D eigenvalue weighted by atomic mass is 79.9. The van der Waals surface area contributed by atoms with Crippen molar-refractivity contribution < 1.29 is 9.59 Å². The highest BCUT2D eigenvalue weighted by Gasteiger charge is 2.26. The van der Waals surface area contributed by atoms with Crippen molar-refractivity contribution in [1.29, 1.82) is 0 Å². The molecule has 4 rings (SSSR count). The van der Waals surface area contributed by atoms with Crippen molar-refractivity contribution in [3.63, 3.8) is 0 Å². The van der Waals surface area contributed by atoms with Gasteiger partial charge in [-0.3, -0.25) is 14.9 Å². The molecule has 23 heavy (non-hydrogen) atoms. The zero-order valence-electron chi connectivity index (χ0n) is 12.9. The smallest absolute Gasteiger partial charge is 0.258 e. The maximum atomic E-state index is 10.9. The van der Waals surface area contributed by atoms with Crippen molar-refractivity contribution >= 4 is 27.7 Å². The van der Waals surface area contributed by atoms with E-state index in [4.69, 9.17) is 0 Å². The molecular formula is C19H18BrNO2. The first kappa shape index (κ1) is 15.9. The van der Waals surface area contributed by atoms with Crippen LogP contribution in [0.5, 0.6) is 0 Å². The fourth-order valence-corrected chi connectivity index (χ4v) is 3.29. The minimum Gasteiger partial charge on any atom is -0.288 e. The van der Waals surface area contributed by atoms with Gasteiger partial charge in [-0.1, -0.05) is 47.1 Å². The van der Waals surface area contributed by atoms with E-state index >= 15 is 0 Å². The lowest BCUT2D eigenvalue weighted by molar-refractivity contribution is 0.0879. The van der Waals surface area contributed by atoms with Gasteiger partial charge in [0.25, 0.3) is 11.8 Å². The van der Waals surface area contributed by atoms with E-state index < -0.39 is 0 Å². The minimum atomic E-state index is -0.300. The number of halogens is 1. The summed E-state index contributed by atoms with van der Waals surface area (Å²) in [7, 11) is 0. The topological polar surface area (TPSA) is 46.2 Å². The lowest BCUT2D eigenvalue weighted by atomic mass is 9.72. The molecule has 0 bridgehead atoms. The molecule has 0 atom stereocenters. The second-order valence-electron chi connectivity index (χ2n) is 6.15. The number of benzene rings is 2. The van der Waals surface area contributed by atoms with Gasteiger partial charge in [0.15, 0.2) is 0 Å². The van der Waals surface area contributed by atoms with Gasteiger partial charge in [0.05, 0.1) is 11.1 Å². The van der Waals surface area contributed by atoms with Crippen molar-refractivity contribution in [3.05, 3.63) is 69.7 Å². The average Bonchev–Trinajstić information content (AvgIpc) is 2.81. The summed E-state index contributed by atoms with van der Waals surface area (Å²) in [6, 6.07) is 15.5. The van der Waals surface area contributed by atoms with Crippen LogP contribution in [0.2, 0.25) is 0 Å². The van der Waals surface area contributed by atoms with Crippen LogP contribution in [0.25, 0.3) is 0 Å². The van der Waals surface area contributed by atoms with E-state index in [1.165, 1.54) is 22.9 Å². The molecule has 0 saturated heterocycles. The van der Waals surface area contributed by atoms with Crippen LogP contribution in [0.3, 0.4) is 0 Å². The normalized spacial score (nSPS) is 21.7. The van der Waals surface area contributed by atoms with Crippen molar-refractivity contribution in [2.45, 2.75) is 25.7 Å². The Hall–Kier alpha value is -1.94. The van der Waals surface area contributed by atoms with E-state index in [0.29, 0.717) is 11.1 Å². The molecule has 0 unspecified atom stereocenters. The summed E-state index contributed by atoms with van der Waals surface area (Å²) in [5, 5.41) is 2.20. The van der Waals surface area contributed by atoms with Crippen molar-refractivity contribution in [2.24, 2.45) is 5.92 Å². The van der Waals surface area contributed by atoms with Gasteiger partial charge in [-0.15, -0.1) is 0 Å². The number of carbonyl (C=O) groups is 2. The summed E-state index contributed by atoms with van der Waals surface area (Å²) in [6.07, 6.45) is 2.75. The maximum absolute atomic E-state index is 10.9. The van der Waals surface area contributed by atoms with Crippen LogP contribution < -0.4 is 5.32 Å². The molecular weight excluding hydrogens is 354 g/mol. The van der Waals surface area contributed by atoms with Gasteiger partial charge in [0.2, 0.25) is 0 Å². The lowest BCUT2D eigenvalue weighted by Gasteiger charge is -2.33. The van der Waals surface area contributed by atoms with E-state index in [1.807, 2.05) is 0 Å². The van der Waals surface area contributed by atoms with Crippen LogP contribution in [0.1, 0.15) is 52.0 Å². The van der Waals surface area contributed by atoms with E-state index in [9.17, 15) is 9.59 Å². The standard InChI is InChI=1S/C11H13Br.C8H5NO2/c1-8-6-10(7-8)9-2-4-11(12)5-3-9;10-7-5-3-1-2-4-6(5)8(11)9-7/h2-5,8,10H,6-7H2,1H3;1-4H,(H,9,10,11). The van der Waals surface area contributed by atoms with Crippen LogP contribution in [0.15, 0.2) is 53.0 Å². The fraction of sp³-hybridized carbons (Fsp3) is 0.263. The number of amides is 2. The fourth-order valence-electron chi connectivity index (χ4n) is 3.03. The molecule has 2 amide bonds. The minimum absolute atomic E-state index is 0.300. The van der Waals surface area contributed by atoms with Gasteiger partial charge >= 0.3 is 0 Å². The van der Waals surface area contributed by atoms with Crippen LogP contribution in [0, 0.1) is 5.92 Å². The molecule has 1 fully saturated rings. The largest absolute Gasteiger partial charge is 0.288 e. The zero-order valence-corrected chi connectivity index (χ0v) is 14.5. The summed E-state index contributed by atoms with van der Waals surface area (Å²) >= 11 is 3.45. The van der Waals surface area contributed by atoms with Crippen molar-refractivity contribution in [3.8, 4) is 0 Å². The summed E-state index contributed by atoms with van der Waals surface area (Å²) in [5.41, 5.74) is 2.45. The third-order valence-electron chi connectivity index (χ3n) is 4.36. The molecule has 1 aliphatic carbocycles. The van der Waals surface area contributed by atoms with Crippen LogP contribution in [-0.4, -0.2) is 11.8 Å². The number of nitrogens with one attached hydrogen (secondary N) is 1. The van der Waals surface area contributed by atoms with Gasteiger partial charge in [-0.2, -0.15) is 0 Å². The molecule has 1 aliphatic heterocycles. The number of rotatable bonds is 1. The molecule has 0 aromatic heterocycles. The van der Waals surface area contributed by atoms with Gasteiger partial charge < -0.3 is 0 Å². The molecule has 1 heterocycles. The molecule has 1 saturated carbocycles. The first-order valence-corrected chi connectivity index (χ1v) is 8.54. The molecule has 1 N–H and O–H groups in total. The predicted octanol–water partition coefficient (Wildman–Crippen LogP) is 4.53. The molecule has 2 aromatic carbocycles. The second kappa shape index (κ2) is 6.67. The Morgan fingerprint density at radius 2 is 1.43 bits per heavy atom. The van der Waals surface area contributed by atoms with E-state index in [2.05, 4.69) is 52.4 Å². The first-order valence-electron chi connectivity index (χ1n) is 7.74. The Bertz CT molecular complexity index is 700. The van der Waals surface area contributed by atoms with E-state index in [-0.39, 0.29) is 11.8 Å². The Kier molecular flexibility index (Phi) is 4.62. The van der Waals surface area contributed by atoms with Crippen LogP contribution in [-0.2, 0) is 0 Å². The molecule has 0 spiro atoms. The predicted molar refractivity (Wildman–Crippen MR) is 93.5 cm³/mol. The highest BCUT2D eigenvalue weighted by Crippen LogP contribution is 2.41. The number of hydrogen-bond acceptors (Lipinski definition) is 2. The number of imide groups is 1. The molecule has 118 valence electrons. The summed E-state index contributed by atoms with van der Waals surface area (Å²) in [5.74, 6) is 1.18. The van der Waals surface area contributed by atoms with Gasteiger partial charge in [0.1, 0.15) is 0 Å². The number of fused-ring (bicyclic) bond motifs is 1. The third-order valence-corrected chi connectivity index (χ3v) is 4.89. The average molecular weight is 372 g/mol. The Labute approximate surface area is 144 Å². The van der Waals surface area contributed by atoms with E-state index in [1.54, 1.807) is 24.3 Å². The summed E-state index contributed by atoms with van der Waals surface area (Å²) in [4.78, 5) is 21.9. The highest BCUT2D eigenvalue weighted by molar-refractivity contribution is 9.10. The lowest BCUT2D eigenvalue weighted by Crippen LogP contribution is -2.19. The number of carbonyl (C=O) groups excluding carboxylic acids is 2. The van der Waals surface area contributed by atoms with Crippen LogP contribution >= 0.6 is 15.9 Å². The quantitative estimate of drug-likeness (QED) is 0.748. The summed E-state index contributed by atoms with van der Waals surface area (Å²) < 4.78 is 1.18. The van der Waals surface area contributed by atoms with Crippen LogP contribution in [0.4, 0.5) is 0 Å². The Morgan fingerprint density at radius 1 is 0.913 bits per heavy atom.